The molecule has 23 heavy (non-hydrogen) atoms. The summed E-state index contributed by atoms with van der Waals surface area (Å²) in [6, 6.07) is 3.38. The molecule has 1 aliphatic heterocycles. The number of carbonyl (C=O) groups excluding carboxylic acids is 1. The number of rotatable bonds is 6. The Bertz CT molecular complexity index is 625. The molecule has 1 amide bonds. The number of nitrogens with zero attached hydrogens (tertiary/aromatic N) is 3. The third-order valence-electron chi connectivity index (χ3n) is 3.62. The highest BCUT2D eigenvalue weighted by Gasteiger charge is 2.26. The fourth-order valence-electron chi connectivity index (χ4n) is 2.54. The zero-order valence-electron chi connectivity index (χ0n) is 12.9. The van der Waals surface area contributed by atoms with Gasteiger partial charge in [0.25, 0.3) is 11.8 Å². The molecule has 124 valence electrons. The monoisotopic (exact) mass is 321 g/mol. The Hall–Kier alpha value is -2.19. The lowest BCUT2D eigenvalue weighted by Crippen LogP contribution is -2.43. The Morgan fingerprint density at radius 3 is 3.17 bits per heavy atom. The minimum atomic E-state index is -0.106. The first-order valence-corrected chi connectivity index (χ1v) is 7.51. The van der Waals surface area contributed by atoms with Gasteiger partial charge in [0.15, 0.2) is 11.6 Å². The molecule has 1 saturated heterocycles. The molecule has 2 aromatic heterocycles. The first-order chi connectivity index (χ1) is 11.3. The van der Waals surface area contributed by atoms with E-state index < -0.39 is 0 Å². The van der Waals surface area contributed by atoms with Crippen LogP contribution >= 0.6 is 0 Å². The average molecular weight is 321 g/mol. The summed E-state index contributed by atoms with van der Waals surface area (Å²) in [6.45, 7) is 1.77. The summed E-state index contributed by atoms with van der Waals surface area (Å²) in [6.07, 6.45) is 3.23. The van der Waals surface area contributed by atoms with Gasteiger partial charge in [0, 0.05) is 20.2 Å². The van der Waals surface area contributed by atoms with Gasteiger partial charge in [0.2, 0.25) is 0 Å². The normalized spacial score (nSPS) is 18.3. The van der Waals surface area contributed by atoms with Crippen LogP contribution < -0.4 is 0 Å². The second-order valence-electron chi connectivity index (χ2n) is 5.34. The van der Waals surface area contributed by atoms with E-state index in [0.717, 1.165) is 12.8 Å². The van der Waals surface area contributed by atoms with Crippen LogP contribution in [0.5, 0.6) is 0 Å². The van der Waals surface area contributed by atoms with Gasteiger partial charge in [0.1, 0.15) is 13.2 Å². The van der Waals surface area contributed by atoms with Crippen molar-refractivity contribution in [2.24, 2.45) is 0 Å². The molecule has 1 atom stereocenters. The predicted molar refractivity (Wildman–Crippen MR) is 77.4 cm³/mol. The SMILES string of the molecule is COCc1nc(COC2CCCN(C(=O)c3ccco3)C2)no1. The van der Waals surface area contributed by atoms with Gasteiger partial charge in [-0.1, -0.05) is 5.16 Å². The van der Waals surface area contributed by atoms with Gasteiger partial charge in [-0.2, -0.15) is 4.98 Å². The predicted octanol–water partition coefficient (Wildman–Crippen LogP) is 1.63. The van der Waals surface area contributed by atoms with Crippen LogP contribution in [0.2, 0.25) is 0 Å². The van der Waals surface area contributed by atoms with Gasteiger partial charge in [-0.3, -0.25) is 4.79 Å². The Kier molecular flexibility index (Phi) is 5.04. The molecule has 1 unspecified atom stereocenters. The van der Waals surface area contributed by atoms with E-state index in [1.807, 2.05) is 0 Å². The van der Waals surface area contributed by atoms with Gasteiger partial charge in [-0.15, -0.1) is 0 Å². The Morgan fingerprint density at radius 2 is 2.39 bits per heavy atom. The zero-order chi connectivity index (χ0) is 16.1. The number of amides is 1. The molecule has 8 heteroatoms. The minimum absolute atomic E-state index is 0.0490. The van der Waals surface area contributed by atoms with Crippen LogP contribution in [0.25, 0.3) is 0 Å². The number of ether oxygens (including phenoxy) is 2. The van der Waals surface area contributed by atoms with E-state index in [-0.39, 0.29) is 25.2 Å². The molecule has 0 saturated carbocycles. The first kappa shape index (κ1) is 15.7. The van der Waals surface area contributed by atoms with Crippen molar-refractivity contribution in [3.63, 3.8) is 0 Å². The summed E-state index contributed by atoms with van der Waals surface area (Å²) in [7, 11) is 1.56. The third kappa shape index (κ3) is 3.96. The van der Waals surface area contributed by atoms with Gasteiger partial charge in [-0.05, 0) is 25.0 Å². The number of furan rings is 1. The molecule has 0 bridgehead atoms. The Balaban J connectivity index is 1.51. The number of methoxy groups -OCH3 is 1. The van der Waals surface area contributed by atoms with Crippen LogP contribution in [-0.2, 0) is 22.7 Å². The zero-order valence-corrected chi connectivity index (χ0v) is 12.9. The van der Waals surface area contributed by atoms with E-state index in [4.69, 9.17) is 18.4 Å². The van der Waals surface area contributed by atoms with Crippen LogP contribution in [0.3, 0.4) is 0 Å². The third-order valence-corrected chi connectivity index (χ3v) is 3.62. The molecule has 3 heterocycles. The summed E-state index contributed by atoms with van der Waals surface area (Å²) in [5, 5.41) is 3.83. The summed E-state index contributed by atoms with van der Waals surface area (Å²) < 4.78 is 20.9. The maximum atomic E-state index is 12.3. The van der Waals surface area contributed by atoms with E-state index in [9.17, 15) is 4.79 Å². The number of aromatic nitrogens is 2. The van der Waals surface area contributed by atoms with Crippen molar-refractivity contribution in [1.29, 1.82) is 0 Å². The van der Waals surface area contributed by atoms with Crippen LogP contribution in [0.4, 0.5) is 0 Å². The highest BCUT2D eigenvalue weighted by molar-refractivity contribution is 5.91. The van der Waals surface area contributed by atoms with Crippen molar-refractivity contribution in [2.75, 3.05) is 20.2 Å². The van der Waals surface area contributed by atoms with Crippen LogP contribution in [-0.4, -0.2) is 47.3 Å². The highest BCUT2D eigenvalue weighted by Crippen LogP contribution is 2.17. The second kappa shape index (κ2) is 7.38. The van der Waals surface area contributed by atoms with Crippen molar-refractivity contribution in [3.05, 3.63) is 35.9 Å². The molecular formula is C15H19N3O5. The van der Waals surface area contributed by atoms with Crippen molar-refractivity contribution in [1.82, 2.24) is 15.0 Å². The maximum absolute atomic E-state index is 12.3. The molecular weight excluding hydrogens is 302 g/mol. The number of hydrogen-bond acceptors (Lipinski definition) is 7. The molecule has 3 rings (SSSR count). The summed E-state index contributed by atoms with van der Waals surface area (Å²) in [4.78, 5) is 18.2. The van der Waals surface area contributed by atoms with E-state index in [0.29, 0.717) is 30.6 Å². The smallest absolute Gasteiger partial charge is 0.289 e. The fourth-order valence-corrected chi connectivity index (χ4v) is 2.54. The van der Waals surface area contributed by atoms with E-state index in [2.05, 4.69) is 10.1 Å². The summed E-state index contributed by atoms with van der Waals surface area (Å²) in [5.41, 5.74) is 0. The molecule has 1 fully saturated rings. The van der Waals surface area contributed by atoms with Crippen LogP contribution in [0.15, 0.2) is 27.3 Å². The van der Waals surface area contributed by atoms with Crippen molar-refractivity contribution in [3.8, 4) is 0 Å². The maximum Gasteiger partial charge on any atom is 0.289 e. The van der Waals surface area contributed by atoms with Crippen molar-refractivity contribution >= 4 is 5.91 Å². The number of piperidine rings is 1. The number of carbonyl (C=O) groups is 1. The number of hydrogen-bond donors (Lipinski definition) is 0. The molecule has 2 aromatic rings. The van der Waals surface area contributed by atoms with Crippen molar-refractivity contribution in [2.45, 2.75) is 32.2 Å². The van der Waals surface area contributed by atoms with Crippen molar-refractivity contribution < 1.29 is 23.2 Å². The molecule has 0 aliphatic carbocycles. The summed E-state index contributed by atoms with van der Waals surface area (Å²) in [5.74, 6) is 1.15. The summed E-state index contributed by atoms with van der Waals surface area (Å²) >= 11 is 0. The van der Waals surface area contributed by atoms with Crippen LogP contribution in [0, 0.1) is 0 Å². The Labute approximate surface area is 133 Å². The quantitative estimate of drug-likeness (QED) is 0.798. The lowest BCUT2D eigenvalue weighted by Gasteiger charge is -2.31. The van der Waals surface area contributed by atoms with E-state index >= 15 is 0 Å². The minimum Gasteiger partial charge on any atom is -0.459 e. The molecule has 0 spiro atoms. The van der Waals surface area contributed by atoms with Gasteiger partial charge in [0.05, 0.1) is 12.4 Å². The second-order valence-corrected chi connectivity index (χ2v) is 5.34. The van der Waals surface area contributed by atoms with Gasteiger partial charge < -0.3 is 23.3 Å². The molecule has 0 aromatic carbocycles. The first-order valence-electron chi connectivity index (χ1n) is 7.51. The van der Waals surface area contributed by atoms with E-state index in [1.54, 1.807) is 24.1 Å². The lowest BCUT2D eigenvalue weighted by molar-refractivity contribution is -0.0104. The molecule has 8 nitrogen and oxygen atoms in total. The molecule has 0 N–H and O–H groups in total. The average Bonchev–Trinajstić information content (AvgIpc) is 3.25. The van der Waals surface area contributed by atoms with E-state index in [1.165, 1.54) is 6.26 Å². The fraction of sp³-hybridized carbons (Fsp3) is 0.533. The van der Waals surface area contributed by atoms with Gasteiger partial charge in [-0.25, -0.2) is 0 Å². The number of likely N-dealkylation sites (tertiary alicyclic amines) is 1. The lowest BCUT2D eigenvalue weighted by atomic mass is 10.1. The topological polar surface area (TPSA) is 90.8 Å². The highest BCUT2D eigenvalue weighted by atomic mass is 16.5. The largest absolute Gasteiger partial charge is 0.459 e. The van der Waals surface area contributed by atoms with Crippen LogP contribution in [0.1, 0.15) is 35.1 Å². The molecule has 0 radical (unpaired) electrons. The standard InChI is InChI=1S/C15H19N3O5/c1-20-10-14-16-13(17-23-14)9-22-11-4-2-6-18(8-11)15(19)12-5-3-7-21-12/h3,5,7,11H,2,4,6,8-10H2,1H3. The Morgan fingerprint density at radius 1 is 1.48 bits per heavy atom. The van der Waals surface area contributed by atoms with Gasteiger partial charge >= 0.3 is 0 Å². The molecule has 1 aliphatic rings.